The lowest BCUT2D eigenvalue weighted by molar-refractivity contribution is 0.283. The first kappa shape index (κ1) is 21.1. The fourth-order valence-electron chi connectivity index (χ4n) is 4.08. The lowest BCUT2D eigenvalue weighted by atomic mass is 9.89. The Balaban J connectivity index is 1.59. The molecule has 1 N–H and O–H groups in total. The first-order valence-electron chi connectivity index (χ1n) is 10.5. The quantitative estimate of drug-likeness (QED) is 0.573. The number of hydrogen-bond donors (Lipinski definition) is 1. The monoisotopic (exact) mass is 419 g/mol. The van der Waals surface area contributed by atoms with Gasteiger partial charge in [-0.3, -0.25) is 0 Å². The molecule has 1 aliphatic rings. The van der Waals surface area contributed by atoms with Gasteiger partial charge in [0.1, 0.15) is 6.61 Å². The number of ether oxygens (including phenoxy) is 4. The normalized spacial score (nSPS) is 15.1. The number of hydrogen-bond acceptors (Lipinski definition) is 5. The van der Waals surface area contributed by atoms with Crippen molar-refractivity contribution in [1.82, 2.24) is 5.32 Å². The zero-order chi connectivity index (χ0) is 21.6. The first-order valence-corrected chi connectivity index (χ1v) is 10.5. The number of rotatable bonds is 8. The lowest BCUT2D eigenvalue weighted by Crippen LogP contribution is -2.31. The van der Waals surface area contributed by atoms with Crippen molar-refractivity contribution < 1.29 is 18.9 Å². The molecule has 1 aliphatic heterocycles. The highest BCUT2D eigenvalue weighted by Crippen LogP contribution is 2.37. The van der Waals surface area contributed by atoms with E-state index in [0.29, 0.717) is 6.61 Å². The predicted octanol–water partition coefficient (Wildman–Crippen LogP) is 4.72. The molecular weight excluding hydrogens is 390 g/mol. The highest BCUT2D eigenvalue weighted by atomic mass is 16.5. The van der Waals surface area contributed by atoms with Crippen molar-refractivity contribution >= 4 is 0 Å². The highest BCUT2D eigenvalue weighted by molar-refractivity contribution is 5.50. The molecule has 3 aromatic rings. The maximum absolute atomic E-state index is 6.16. The Morgan fingerprint density at radius 1 is 0.774 bits per heavy atom. The standard InChI is InChI=1S/C26H29NO4/c1-28-23-10-9-19(14-24(23)29-2)13-22-21-16-26(31-17-18-7-5-4-6-8-18)25(30-3)15-20(21)11-12-27-22/h4-10,14-16,22,27H,11-13,17H2,1-3H3. The minimum absolute atomic E-state index is 0.187. The molecule has 0 spiro atoms. The number of methoxy groups -OCH3 is 3. The van der Waals surface area contributed by atoms with Gasteiger partial charge in [0, 0.05) is 6.04 Å². The van der Waals surface area contributed by atoms with Crippen LogP contribution in [0, 0.1) is 0 Å². The van der Waals surface area contributed by atoms with Crippen molar-refractivity contribution in [3.63, 3.8) is 0 Å². The summed E-state index contributed by atoms with van der Waals surface area (Å²) in [5.41, 5.74) is 4.87. The van der Waals surface area contributed by atoms with Crippen LogP contribution in [0.4, 0.5) is 0 Å². The third-order valence-electron chi connectivity index (χ3n) is 5.71. The molecule has 1 atom stereocenters. The Morgan fingerprint density at radius 2 is 1.52 bits per heavy atom. The Bertz CT molecular complexity index is 1020. The van der Waals surface area contributed by atoms with Gasteiger partial charge in [0.05, 0.1) is 21.3 Å². The molecule has 0 radical (unpaired) electrons. The van der Waals surface area contributed by atoms with Gasteiger partial charge in [-0.15, -0.1) is 0 Å². The van der Waals surface area contributed by atoms with Crippen LogP contribution in [0.15, 0.2) is 60.7 Å². The molecule has 0 aromatic heterocycles. The Morgan fingerprint density at radius 3 is 2.26 bits per heavy atom. The van der Waals surface area contributed by atoms with E-state index in [1.54, 1.807) is 21.3 Å². The van der Waals surface area contributed by atoms with E-state index in [9.17, 15) is 0 Å². The molecule has 4 rings (SSSR count). The molecule has 1 heterocycles. The zero-order valence-electron chi connectivity index (χ0n) is 18.3. The summed E-state index contributed by atoms with van der Waals surface area (Å²) in [5, 5.41) is 3.66. The molecule has 0 aliphatic carbocycles. The third-order valence-corrected chi connectivity index (χ3v) is 5.71. The molecule has 0 fully saturated rings. The topological polar surface area (TPSA) is 49.0 Å². The van der Waals surface area contributed by atoms with E-state index in [-0.39, 0.29) is 6.04 Å². The van der Waals surface area contributed by atoms with Gasteiger partial charge >= 0.3 is 0 Å². The summed E-state index contributed by atoms with van der Waals surface area (Å²) in [4.78, 5) is 0. The Labute approximate surface area is 183 Å². The van der Waals surface area contributed by atoms with Crippen LogP contribution in [0.3, 0.4) is 0 Å². The summed E-state index contributed by atoms with van der Waals surface area (Å²) in [6.45, 7) is 1.43. The van der Waals surface area contributed by atoms with E-state index in [0.717, 1.165) is 47.9 Å². The highest BCUT2D eigenvalue weighted by Gasteiger charge is 2.23. The molecule has 0 saturated heterocycles. The van der Waals surface area contributed by atoms with Gasteiger partial charge in [-0.1, -0.05) is 36.4 Å². The molecule has 31 heavy (non-hydrogen) atoms. The van der Waals surface area contributed by atoms with E-state index in [2.05, 4.69) is 35.6 Å². The largest absolute Gasteiger partial charge is 0.493 e. The number of nitrogens with one attached hydrogen (secondary N) is 1. The third kappa shape index (κ3) is 4.78. The number of fused-ring (bicyclic) bond motifs is 1. The summed E-state index contributed by atoms with van der Waals surface area (Å²) in [5.74, 6) is 3.04. The summed E-state index contributed by atoms with van der Waals surface area (Å²) in [6, 6.07) is 20.7. The first-order chi connectivity index (χ1) is 15.2. The van der Waals surface area contributed by atoms with Crippen LogP contribution in [0.2, 0.25) is 0 Å². The molecule has 0 saturated carbocycles. The van der Waals surface area contributed by atoms with Crippen molar-refractivity contribution in [1.29, 1.82) is 0 Å². The van der Waals surface area contributed by atoms with Gasteiger partial charge in [-0.2, -0.15) is 0 Å². The van der Waals surface area contributed by atoms with Crippen LogP contribution < -0.4 is 24.3 Å². The van der Waals surface area contributed by atoms with Crippen molar-refractivity contribution in [3.8, 4) is 23.0 Å². The lowest BCUT2D eigenvalue weighted by Gasteiger charge is -2.28. The second-order valence-corrected chi connectivity index (χ2v) is 7.63. The average molecular weight is 420 g/mol. The Kier molecular flexibility index (Phi) is 6.63. The second kappa shape index (κ2) is 9.75. The van der Waals surface area contributed by atoms with Gasteiger partial charge in [-0.25, -0.2) is 0 Å². The predicted molar refractivity (Wildman–Crippen MR) is 121 cm³/mol. The smallest absolute Gasteiger partial charge is 0.162 e. The van der Waals surface area contributed by atoms with Crippen molar-refractivity contribution in [3.05, 3.63) is 82.9 Å². The summed E-state index contributed by atoms with van der Waals surface area (Å²) in [7, 11) is 5.01. The van der Waals surface area contributed by atoms with Crippen LogP contribution in [-0.2, 0) is 19.4 Å². The molecule has 0 amide bonds. The summed E-state index contributed by atoms with van der Waals surface area (Å²) in [6.07, 6.45) is 1.81. The minimum Gasteiger partial charge on any atom is -0.493 e. The van der Waals surface area contributed by atoms with Crippen LogP contribution in [0.5, 0.6) is 23.0 Å². The summed E-state index contributed by atoms with van der Waals surface area (Å²) >= 11 is 0. The van der Waals surface area contributed by atoms with E-state index in [1.165, 1.54) is 16.7 Å². The minimum atomic E-state index is 0.187. The van der Waals surface area contributed by atoms with E-state index >= 15 is 0 Å². The summed E-state index contributed by atoms with van der Waals surface area (Å²) < 4.78 is 22.6. The van der Waals surface area contributed by atoms with E-state index in [4.69, 9.17) is 18.9 Å². The SMILES string of the molecule is COc1ccc(CC2NCCc3cc(OC)c(OCc4ccccc4)cc32)cc1OC. The van der Waals surface area contributed by atoms with Gasteiger partial charge in [0.25, 0.3) is 0 Å². The van der Waals surface area contributed by atoms with Crippen LogP contribution >= 0.6 is 0 Å². The Hall–Kier alpha value is -3.18. The number of benzene rings is 3. The van der Waals surface area contributed by atoms with Crippen LogP contribution in [-0.4, -0.2) is 27.9 Å². The maximum atomic E-state index is 6.16. The van der Waals surface area contributed by atoms with Crippen molar-refractivity contribution in [2.75, 3.05) is 27.9 Å². The molecule has 1 unspecified atom stereocenters. The molecular formula is C26H29NO4. The van der Waals surface area contributed by atoms with Gasteiger partial charge in [0.15, 0.2) is 23.0 Å². The molecule has 5 nitrogen and oxygen atoms in total. The molecule has 3 aromatic carbocycles. The van der Waals surface area contributed by atoms with Crippen molar-refractivity contribution in [2.24, 2.45) is 0 Å². The van der Waals surface area contributed by atoms with Crippen LogP contribution in [0.1, 0.15) is 28.3 Å². The van der Waals surface area contributed by atoms with E-state index in [1.807, 2.05) is 30.3 Å². The molecule has 5 heteroatoms. The van der Waals surface area contributed by atoms with Gasteiger partial charge < -0.3 is 24.3 Å². The van der Waals surface area contributed by atoms with Crippen molar-refractivity contribution in [2.45, 2.75) is 25.5 Å². The fourth-order valence-corrected chi connectivity index (χ4v) is 4.08. The van der Waals surface area contributed by atoms with Crippen LogP contribution in [0.25, 0.3) is 0 Å². The zero-order valence-corrected chi connectivity index (χ0v) is 18.3. The maximum Gasteiger partial charge on any atom is 0.162 e. The van der Waals surface area contributed by atoms with Gasteiger partial charge in [-0.05, 0) is 65.9 Å². The molecule has 0 bridgehead atoms. The average Bonchev–Trinajstić information content (AvgIpc) is 2.83. The second-order valence-electron chi connectivity index (χ2n) is 7.63. The molecule has 162 valence electrons. The fraction of sp³-hybridized carbons (Fsp3) is 0.308. The van der Waals surface area contributed by atoms with Gasteiger partial charge in [0.2, 0.25) is 0 Å². The van der Waals surface area contributed by atoms with E-state index < -0.39 is 0 Å².